The summed E-state index contributed by atoms with van der Waals surface area (Å²) in [5.74, 6) is 0.885. The fourth-order valence-electron chi connectivity index (χ4n) is 3.71. The van der Waals surface area contributed by atoms with Crippen molar-refractivity contribution in [3.63, 3.8) is 0 Å². The van der Waals surface area contributed by atoms with Crippen molar-refractivity contribution in [3.05, 3.63) is 89.8 Å². The zero-order valence-electron chi connectivity index (χ0n) is 17.4. The van der Waals surface area contributed by atoms with Gasteiger partial charge in [-0.2, -0.15) is 0 Å². The molecule has 2 nitrogen and oxygen atoms in total. The van der Waals surface area contributed by atoms with Crippen LogP contribution in [0.25, 0.3) is 10.8 Å². The minimum Gasteiger partial charge on any atom is -0.342 e. The van der Waals surface area contributed by atoms with Crippen LogP contribution in [-0.4, -0.2) is 6.72 Å². The molecule has 0 heterocycles. The van der Waals surface area contributed by atoms with Crippen molar-refractivity contribution in [2.45, 2.75) is 46.1 Å². The number of para-hydroxylation sites is 1. The smallest absolute Gasteiger partial charge is 0.0480 e. The van der Waals surface area contributed by atoms with Crippen LogP contribution in [0.3, 0.4) is 0 Å². The van der Waals surface area contributed by atoms with Gasteiger partial charge in [0, 0.05) is 24.6 Å². The summed E-state index contributed by atoms with van der Waals surface area (Å²) in [6.07, 6.45) is 3.83. The van der Waals surface area contributed by atoms with Gasteiger partial charge in [0.2, 0.25) is 0 Å². The normalized spacial score (nSPS) is 11.6. The fourth-order valence-corrected chi connectivity index (χ4v) is 3.71. The Hall–Kier alpha value is -2.87. The lowest BCUT2D eigenvalue weighted by molar-refractivity contribution is 0.811. The Morgan fingerprint density at radius 3 is 2.11 bits per heavy atom. The molecule has 2 heteroatoms. The van der Waals surface area contributed by atoms with Crippen LogP contribution in [0.1, 0.15) is 56.2 Å². The SMILES string of the molecule is C=N/C=C\N(Cc1ccc2ccccc2c1)c1c(C(C)C)cccc1C(C)C. The molecule has 3 rings (SSSR count). The number of fused-ring (bicyclic) bond motifs is 1. The maximum Gasteiger partial charge on any atom is 0.0480 e. The van der Waals surface area contributed by atoms with E-state index in [0.717, 1.165) is 6.54 Å². The van der Waals surface area contributed by atoms with Gasteiger partial charge in [-0.1, -0.05) is 82.3 Å². The predicted molar refractivity (Wildman–Crippen MR) is 123 cm³/mol. The number of hydrogen-bond acceptors (Lipinski definition) is 2. The molecule has 0 aliphatic carbocycles. The summed E-state index contributed by atoms with van der Waals surface area (Å²) in [4.78, 5) is 6.29. The second kappa shape index (κ2) is 8.88. The number of benzene rings is 3. The number of hydrogen-bond donors (Lipinski definition) is 0. The third-order valence-electron chi connectivity index (χ3n) is 5.15. The third-order valence-corrected chi connectivity index (χ3v) is 5.15. The molecule has 0 unspecified atom stereocenters. The Morgan fingerprint density at radius 2 is 1.50 bits per heavy atom. The molecular formula is C26H30N2. The lowest BCUT2D eigenvalue weighted by atomic mass is 9.91. The molecule has 0 spiro atoms. The standard InChI is InChI=1S/C26H30N2/c1-19(2)24-11-8-12-25(20(3)4)26(24)28(16-15-27-5)18-21-13-14-22-9-6-7-10-23(22)17-21/h6-17,19-20H,5,18H2,1-4H3/b16-15-. The van der Waals surface area contributed by atoms with Crippen molar-refractivity contribution in [2.24, 2.45) is 4.99 Å². The molecule has 0 aliphatic heterocycles. The number of rotatable bonds is 7. The van der Waals surface area contributed by atoms with E-state index in [-0.39, 0.29) is 0 Å². The highest BCUT2D eigenvalue weighted by atomic mass is 15.1. The van der Waals surface area contributed by atoms with E-state index in [0.29, 0.717) is 11.8 Å². The van der Waals surface area contributed by atoms with Crippen LogP contribution < -0.4 is 4.90 Å². The van der Waals surface area contributed by atoms with Crippen molar-refractivity contribution in [1.82, 2.24) is 0 Å². The zero-order valence-corrected chi connectivity index (χ0v) is 17.4. The van der Waals surface area contributed by atoms with Crippen LogP contribution in [0.4, 0.5) is 5.69 Å². The molecule has 144 valence electrons. The van der Waals surface area contributed by atoms with E-state index in [1.165, 1.54) is 33.2 Å². The van der Waals surface area contributed by atoms with Gasteiger partial charge in [0.1, 0.15) is 0 Å². The molecule has 0 aliphatic rings. The van der Waals surface area contributed by atoms with Crippen LogP contribution >= 0.6 is 0 Å². The van der Waals surface area contributed by atoms with E-state index in [9.17, 15) is 0 Å². The summed E-state index contributed by atoms with van der Waals surface area (Å²) < 4.78 is 0. The lowest BCUT2D eigenvalue weighted by Crippen LogP contribution is -2.19. The molecule has 0 saturated carbocycles. The van der Waals surface area contributed by atoms with Gasteiger partial charge >= 0.3 is 0 Å². The van der Waals surface area contributed by atoms with E-state index in [1.54, 1.807) is 6.20 Å². The van der Waals surface area contributed by atoms with Crippen LogP contribution in [0.15, 0.2) is 78.1 Å². The Bertz CT molecular complexity index is 956. The molecule has 3 aromatic carbocycles. The van der Waals surface area contributed by atoms with Gasteiger partial charge in [0.25, 0.3) is 0 Å². The maximum atomic E-state index is 3.97. The van der Waals surface area contributed by atoms with Crippen molar-refractivity contribution >= 4 is 23.2 Å². The highest BCUT2D eigenvalue weighted by Crippen LogP contribution is 2.36. The summed E-state index contributed by atoms with van der Waals surface area (Å²) in [5, 5.41) is 2.54. The topological polar surface area (TPSA) is 15.6 Å². The van der Waals surface area contributed by atoms with Gasteiger partial charge in [0.05, 0.1) is 0 Å². The third kappa shape index (κ3) is 4.33. The van der Waals surface area contributed by atoms with Crippen molar-refractivity contribution in [3.8, 4) is 0 Å². The highest BCUT2D eigenvalue weighted by Gasteiger charge is 2.18. The van der Waals surface area contributed by atoms with Crippen molar-refractivity contribution < 1.29 is 0 Å². The second-order valence-corrected chi connectivity index (χ2v) is 7.88. The number of nitrogens with zero attached hydrogens (tertiary/aromatic N) is 2. The number of aliphatic imine (C=N–C) groups is 1. The molecule has 0 bridgehead atoms. The minimum atomic E-state index is 0.442. The second-order valence-electron chi connectivity index (χ2n) is 7.88. The van der Waals surface area contributed by atoms with Crippen LogP contribution in [0, 0.1) is 0 Å². The molecule has 0 N–H and O–H groups in total. The lowest BCUT2D eigenvalue weighted by Gasteiger charge is -2.29. The summed E-state index contributed by atoms with van der Waals surface area (Å²) in [7, 11) is 0. The molecule has 0 amide bonds. The molecule has 0 atom stereocenters. The molecule has 3 aromatic rings. The number of anilines is 1. The fraction of sp³-hybridized carbons (Fsp3) is 0.269. The monoisotopic (exact) mass is 370 g/mol. The zero-order chi connectivity index (χ0) is 20.1. The summed E-state index contributed by atoms with van der Waals surface area (Å²) >= 11 is 0. The van der Waals surface area contributed by atoms with E-state index in [4.69, 9.17) is 0 Å². The summed E-state index contributed by atoms with van der Waals surface area (Å²) in [6.45, 7) is 13.4. The Morgan fingerprint density at radius 1 is 0.857 bits per heavy atom. The highest BCUT2D eigenvalue weighted by molar-refractivity contribution is 5.83. The van der Waals surface area contributed by atoms with Gasteiger partial charge < -0.3 is 4.90 Å². The molecule has 0 aromatic heterocycles. The van der Waals surface area contributed by atoms with Crippen LogP contribution in [0.2, 0.25) is 0 Å². The summed E-state index contributed by atoms with van der Waals surface area (Å²) in [6, 6.07) is 21.9. The van der Waals surface area contributed by atoms with Gasteiger partial charge in [0.15, 0.2) is 0 Å². The first kappa shape index (κ1) is 19.9. The minimum absolute atomic E-state index is 0.442. The van der Waals surface area contributed by atoms with Gasteiger partial charge in [-0.05, 0) is 52.1 Å². The predicted octanol–water partition coefficient (Wildman–Crippen LogP) is 7.27. The maximum absolute atomic E-state index is 3.97. The van der Waals surface area contributed by atoms with E-state index in [2.05, 4.69) is 111 Å². The molecule has 0 radical (unpaired) electrons. The first-order valence-electron chi connectivity index (χ1n) is 10.0. The first-order chi connectivity index (χ1) is 13.5. The average Bonchev–Trinajstić information content (AvgIpc) is 2.70. The van der Waals surface area contributed by atoms with Crippen molar-refractivity contribution in [2.75, 3.05) is 4.90 Å². The molecule has 28 heavy (non-hydrogen) atoms. The van der Waals surface area contributed by atoms with Crippen LogP contribution in [-0.2, 0) is 6.54 Å². The van der Waals surface area contributed by atoms with E-state index in [1.807, 2.05) is 0 Å². The Kier molecular flexibility index (Phi) is 6.30. The van der Waals surface area contributed by atoms with Crippen molar-refractivity contribution in [1.29, 1.82) is 0 Å². The molecule has 0 saturated heterocycles. The quantitative estimate of drug-likeness (QED) is 0.399. The Balaban J connectivity index is 2.09. The summed E-state index contributed by atoms with van der Waals surface area (Å²) in [5.41, 5.74) is 5.29. The van der Waals surface area contributed by atoms with Gasteiger partial charge in [-0.15, -0.1) is 0 Å². The molecule has 0 fully saturated rings. The Labute approximate surface area is 169 Å². The van der Waals surface area contributed by atoms with Crippen LogP contribution in [0.5, 0.6) is 0 Å². The van der Waals surface area contributed by atoms with Gasteiger partial charge in [-0.3, -0.25) is 4.99 Å². The van der Waals surface area contributed by atoms with E-state index < -0.39 is 0 Å². The largest absolute Gasteiger partial charge is 0.342 e. The average molecular weight is 371 g/mol. The molecular weight excluding hydrogens is 340 g/mol. The first-order valence-corrected chi connectivity index (χ1v) is 10.0. The van der Waals surface area contributed by atoms with Gasteiger partial charge in [-0.25, -0.2) is 0 Å². The van der Waals surface area contributed by atoms with E-state index >= 15 is 0 Å².